The first-order valence-electron chi connectivity index (χ1n) is 3.24. The number of tetrazole rings is 1. The van der Waals surface area contributed by atoms with Crippen molar-refractivity contribution in [1.82, 2.24) is 30.7 Å². The van der Waals surface area contributed by atoms with Gasteiger partial charge in [-0.3, -0.25) is 0 Å². The van der Waals surface area contributed by atoms with Crippen LogP contribution < -0.4 is 10.6 Å². The zero-order chi connectivity index (χ0) is 9.26. The highest BCUT2D eigenvalue weighted by Gasteiger charge is 2.17. The van der Waals surface area contributed by atoms with Crippen LogP contribution in [0.2, 0.25) is 0 Å². The second-order valence-corrected chi connectivity index (χ2v) is 2.06. The molecule has 2 aromatic rings. The lowest BCUT2D eigenvalue weighted by Gasteiger charge is -1.96. The molecule has 0 atom stereocenters. The highest BCUT2D eigenvalue weighted by molar-refractivity contribution is 5.61. The van der Waals surface area contributed by atoms with E-state index in [4.69, 9.17) is 10.6 Å². The molecule has 0 amide bonds. The molecule has 0 bridgehead atoms. The van der Waals surface area contributed by atoms with Gasteiger partial charge in [0.2, 0.25) is 11.5 Å². The van der Waals surface area contributed by atoms with Crippen molar-refractivity contribution in [2.24, 2.45) is 0 Å². The largest absolute Gasteiger partial charge is 0.397 e. The highest BCUT2D eigenvalue weighted by atomic mass is 16.7. The summed E-state index contributed by atoms with van der Waals surface area (Å²) >= 11 is 0. The van der Waals surface area contributed by atoms with Gasteiger partial charge in [0.25, 0.3) is 0 Å². The molecular formula is C4H5N7O2. The van der Waals surface area contributed by atoms with Gasteiger partial charge in [0, 0.05) is 0 Å². The second kappa shape index (κ2) is 2.69. The summed E-state index contributed by atoms with van der Waals surface area (Å²) in [5.41, 5.74) is 5.67. The van der Waals surface area contributed by atoms with Crippen molar-refractivity contribution in [3.8, 4) is 11.5 Å². The maximum atomic E-state index is 5.42. The Morgan fingerprint density at radius 1 is 1.46 bits per heavy atom. The van der Waals surface area contributed by atoms with Gasteiger partial charge in [-0.05, 0) is 20.7 Å². The molecule has 0 aliphatic rings. The molecule has 0 aliphatic heterocycles. The molecular weight excluding hydrogens is 178 g/mol. The maximum Gasteiger partial charge on any atom is 0.248 e. The van der Waals surface area contributed by atoms with E-state index in [-0.39, 0.29) is 17.3 Å². The molecule has 0 radical (unpaired) electrons. The van der Waals surface area contributed by atoms with Crippen molar-refractivity contribution in [2.75, 3.05) is 12.8 Å². The van der Waals surface area contributed by atoms with Crippen LogP contribution in [0, 0.1) is 0 Å². The molecule has 68 valence electrons. The summed E-state index contributed by atoms with van der Waals surface area (Å²) in [5, 5.41) is 17.4. The number of hydrogen-bond acceptors (Lipinski definition) is 8. The Balaban J connectivity index is 2.52. The fourth-order valence-electron chi connectivity index (χ4n) is 0.791. The zero-order valence-electron chi connectivity index (χ0n) is 6.58. The van der Waals surface area contributed by atoms with E-state index in [2.05, 4.69) is 30.5 Å². The molecule has 2 N–H and O–H groups in total. The average molecular weight is 183 g/mol. The SMILES string of the molecule is COn1nnnc1-c1nonc1N. The molecule has 0 saturated carbocycles. The number of anilines is 1. The molecule has 2 heterocycles. The average Bonchev–Trinajstić information content (AvgIpc) is 2.71. The topological polar surface area (TPSA) is 118 Å². The van der Waals surface area contributed by atoms with E-state index >= 15 is 0 Å². The fraction of sp³-hybridized carbons (Fsp3) is 0.250. The number of rotatable bonds is 2. The molecule has 0 unspecified atom stereocenters. The number of hydrogen-bond donors (Lipinski definition) is 1. The first kappa shape index (κ1) is 7.46. The van der Waals surface area contributed by atoms with Crippen LogP contribution in [-0.4, -0.2) is 37.8 Å². The van der Waals surface area contributed by atoms with Gasteiger partial charge in [-0.15, -0.1) is 5.10 Å². The Kier molecular flexibility index (Phi) is 1.55. The van der Waals surface area contributed by atoms with Crippen LogP contribution in [0.5, 0.6) is 0 Å². The third kappa shape index (κ3) is 1.06. The Hall–Kier alpha value is -2.19. The third-order valence-electron chi connectivity index (χ3n) is 1.34. The van der Waals surface area contributed by atoms with Gasteiger partial charge >= 0.3 is 0 Å². The van der Waals surface area contributed by atoms with Crippen LogP contribution in [-0.2, 0) is 0 Å². The second-order valence-electron chi connectivity index (χ2n) is 2.06. The predicted molar refractivity (Wildman–Crippen MR) is 38.0 cm³/mol. The summed E-state index contributed by atoms with van der Waals surface area (Å²) in [6.07, 6.45) is 0. The molecule has 0 saturated heterocycles. The monoisotopic (exact) mass is 183 g/mol. The van der Waals surface area contributed by atoms with Gasteiger partial charge < -0.3 is 10.6 Å². The molecule has 9 heteroatoms. The van der Waals surface area contributed by atoms with Gasteiger partial charge in [-0.1, -0.05) is 4.85 Å². The summed E-state index contributed by atoms with van der Waals surface area (Å²) in [6.45, 7) is 0. The van der Waals surface area contributed by atoms with Crippen LogP contribution >= 0.6 is 0 Å². The van der Waals surface area contributed by atoms with Crippen molar-refractivity contribution >= 4 is 5.82 Å². The number of nitrogen functional groups attached to an aromatic ring is 1. The van der Waals surface area contributed by atoms with E-state index in [9.17, 15) is 0 Å². The normalized spacial score (nSPS) is 10.2. The van der Waals surface area contributed by atoms with Gasteiger partial charge in [-0.25, -0.2) is 4.63 Å². The lowest BCUT2D eigenvalue weighted by Crippen LogP contribution is -2.10. The van der Waals surface area contributed by atoms with Crippen LogP contribution in [0.4, 0.5) is 5.82 Å². The standard InChI is InChI=1S/C4H5N7O2/c1-12-11-4(6-9-10-11)2-3(5)8-13-7-2/h1H3,(H2,5,8). The van der Waals surface area contributed by atoms with Gasteiger partial charge in [0.15, 0.2) is 5.82 Å². The van der Waals surface area contributed by atoms with Crippen molar-refractivity contribution in [2.45, 2.75) is 0 Å². The molecule has 0 aliphatic carbocycles. The first-order chi connectivity index (χ1) is 6.33. The minimum Gasteiger partial charge on any atom is -0.397 e. The van der Waals surface area contributed by atoms with E-state index in [0.29, 0.717) is 0 Å². The van der Waals surface area contributed by atoms with Crippen molar-refractivity contribution in [3.63, 3.8) is 0 Å². The molecule has 2 aromatic heterocycles. The fourth-order valence-corrected chi connectivity index (χ4v) is 0.791. The number of nitrogens with zero attached hydrogens (tertiary/aromatic N) is 6. The molecule has 2 rings (SSSR count). The predicted octanol–water partition coefficient (Wildman–Crippen LogP) is -1.64. The van der Waals surface area contributed by atoms with Gasteiger partial charge in [0.05, 0.1) is 0 Å². The quantitative estimate of drug-likeness (QED) is 0.589. The molecule has 0 spiro atoms. The summed E-state index contributed by atoms with van der Waals surface area (Å²) in [7, 11) is 1.41. The molecule has 13 heavy (non-hydrogen) atoms. The summed E-state index contributed by atoms with van der Waals surface area (Å²) < 4.78 is 4.38. The van der Waals surface area contributed by atoms with Crippen molar-refractivity contribution < 1.29 is 9.47 Å². The molecule has 9 nitrogen and oxygen atoms in total. The maximum absolute atomic E-state index is 5.42. The lowest BCUT2D eigenvalue weighted by atomic mass is 10.4. The third-order valence-corrected chi connectivity index (χ3v) is 1.34. The number of nitrogens with two attached hydrogens (primary N) is 1. The first-order valence-corrected chi connectivity index (χ1v) is 3.24. The zero-order valence-corrected chi connectivity index (χ0v) is 6.58. The highest BCUT2D eigenvalue weighted by Crippen LogP contribution is 2.16. The van der Waals surface area contributed by atoms with E-state index in [1.165, 1.54) is 7.11 Å². The van der Waals surface area contributed by atoms with E-state index in [1.54, 1.807) is 0 Å². The summed E-state index contributed by atoms with van der Waals surface area (Å²) in [4.78, 5) is 5.83. The van der Waals surface area contributed by atoms with Crippen molar-refractivity contribution in [3.05, 3.63) is 0 Å². The van der Waals surface area contributed by atoms with Gasteiger partial charge in [-0.2, -0.15) is 0 Å². The van der Waals surface area contributed by atoms with Crippen LogP contribution in [0.3, 0.4) is 0 Å². The Morgan fingerprint density at radius 2 is 2.31 bits per heavy atom. The molecule has 0 fully saturated rings. The smallest absolute Gasteiger partial charge is 0.248 e. The molecule has 0 aromatic carbocycles. The Morgan fingerprint density at radius 3 is 2.92 bits per heavy atom. The lowest BCUT2D eigenvalue weighted by molar-refractivity contribution is 0.132. The Labute approximate surface area is 71.4 Å². The Bertz CT molecular complexity index is 406. The van der Waals surface area contributed by atoms with Gasteiger partial charge in [0.1, 0.15) is 7.11 Å². The van der Waals surface area contributed by atoms with E-state index in [0.717, 1.165) is 4.85 Å². The number of aromatic nitrogens is 6. The minimum atomic E-state index is 0.105. The summed E-state index contributed by atoms with van der Waals surface area (Å²) in [5.74, 6) is 0.342. The van der Waals surface area contributed by atoms with E-state index < -0.39 is 0 Å². The van der Waals surface area contributed by atoms with Crippen molar-refractivity contribution in [1.29, 1.82) is 0 Å². The van der Waals surface area contributed by atoms with E-state index in [1.807, 2.05) is 0 Å². The summed E-state index contributed by atoms with van der Waals surface area (Å²) in [6, 6.07) is 0. The van der Waals surface area contributed by atoms with Crippen LogP contribution in [0.25, 0.3) is 11.5 Å². The van der Waals surface area contributed by atoms with Crippen LogP contribution in [0.1, 0.15) is 0 Å². The minimum absolute atomic E-state index is 0.105. The van der Waals surface area contributed by atoms with Crippen LogP contribution in [0.15, 0.2) is 4.63 Å².